The zero-order valence-electron chi connectivity index (χ0n) is 14.1. The first-order valence-corrected chi connectivity index (χ1v) is 9.94. The summed E-state index contributed by atoms with van der Waals surface area (Å²) in [6, 6.07) is 6.42. The minimum Gasteiger partial charge on any atom is -0.322 e. The average Bonchev–Trinajstić information content (AvgIpc) is 2.80. The molecule has 1 heterocycles. The lowest BCUT2D eigenvalue weighted by atomic mass is 10.2. The number of anilines is 1. The van der Waals surface area contributed by atoms with Gasteiger partial charge >= 0.3 is 0 Å². The lowest BCUT2D eigenvalue weighted by molar-refractivity contribution is 0.102. The number of nitrogens with one attached hydrogen (secondary N) is 1. The monoisotopic (exact) mass is 384 g/mol. The molecule has 136 valence electrons. The molecule has 1 amide bonds. The Morgan fingerprint density at radius 2 is 1.96 bits per heavy atom. The molecule has 1 aromatic heterocycles. The highest BCUT2D eigenvalue weighted by atomic mass is 35.5. The Morgan fingerprint density at radius 1 is 1.32 bits per heavy atom. The Balaban J connectivity index is 2.13. The van der Waals surface area contributed by atoms with Gasteiger partial charge in [-0.15, -0.1) is 0 Å². The number of aromatic nitrogens is 2. The predicted molar refractivity (Wildman–Crippen MR) is 98.1 cm³/mol. The average molecular weight is 385 g/mol. The second-order valence-electron chi connectivity index (χ2n) is 5.79. The SMILES string of the molecule is CCCCn1nc(C)c(C(=O)Nc2ccc(CS(N)(=O)=O)cc2)c1Cl. The standard InChI is InChI=1S/C16H21ClN4O3S/c1-3-4-9-21-15(17)14(11(2)20-21)16(22)19-13-7-5-12(6-8-13)10-25(18,23)24/h5-8H,3-4,9-10H2,1-2H3,(H,19,22)(H2,18,23,24). The van der Waals surface area contributed by atoms with Gasteiger partial charge in [0.1, 0.15) is 5.15 Å². The maximum Gasteiger partial charge on any atom is 0.260 e. The van der Waals surface area contributed by atoms with E-state index in [2.05, 4.69) is 17.3 Å². The molecule has 0 fully saturated rings. The summed E-state index contributed by atoms with van der Waals surface area (Å²) in [5.41, 5.74) is 1.97. The number of aryl methyl sites for hydroxylation is 2. The van der Waals surface area contributed by atoms with Crippen molar-refractivity contribution in [1.29, 1.82) is 0 Å². The minimum absolute atomic E-state index is 0.254. The Labute approximate surface area is 152 Å². The largest absolute Gasteiger partial charge is 0.322 e. The van der Waals surface area contributed by atoms with Crippen LogP contribution in [0.15, 0.2) is 24.3 Å². The van der Waals surface area contributed by atoms with Crippen molar-refractivity contribution in [3.63, 3.8) is 0 Å². The maximum atomic E-state index is 12.5. The van der Waals surface area contributed by atoms with E-state index < -0.39 is 10.0 Å². The van der Waals surface area contributed by atoms with E-state index >= 15 is 0 Å². The van der Waals surface area contributed by atoms with E-state index in [9.17, 15) is 13.2 Å². The zero-order chi connectivity index (χ0) is 18.6. The number of nitrogens with zero attached hydrogens (tertiary/aromatic N) is 2. The molecule has 0 radical (unpaired) electrons. The quantitative estimate of drug-likeness (QED) is 0.765. The smallest absolute Gasteiger partial charge is 0.260 e. The molecule has 25 heavy (non-hydrogen) atoms. The van der Waals surface area contributed by atoms with Gasteiger partial charge in [0, 0.05) is 12.2 Å². The second kappa shape index (κ2) is 7.99. The van der Waals surface area contributed by atoms with Crippen LogP contribution in [0.3, 0.4) is 0 Å². The fraction of sp³-hybridized carbons (Fsp3) is 0.375. The van der Waals surface area contributed by atoms with Crippen LogP contribution in [0.4, 0.5) is 5.69 Å². The molecule has 9 heteroatoms. The number of sulfonamides is 1. The first-order chi connectivity index (χ1) is 11.7. The highest BCUT2D eigenvalue weighted by molar-refractivity contribution is 7.88. The van der Waals surface area contributed by atoms with Crippen LogP contribution in [0, 0.1) is 6.92 Å². The first kappa shape index (κ1) is 19.4. The van der Waals surface area contributed by atoms with E-state index in [4.69, 9.17) is 16.7 Å². The number of rotatable bonds is 7. The molecule has 0 aliphatic heterocycles. The second-order valence-corrected chi connectivity index (χ2v) is 7.76. The molecule has 7 nitrogen and oxygen atoms in total. The molecule has 0 saturated heterocycles. The fourth-order valence-corrected chi connectivity index (χ4v) is 3.38. The van der Waals surface area contributed by atoms with E-state index in [0.717, 1.165) is 12.8 Å². The molecule has 0 atom stereocenters. The number of hydrogen-bond acceptors (Lipinski definition) is 4. The zero-order valence-corrected chi connectivity index (χ0v) is 15.7. The van der Waals surface area contributed by atoms with Crippen molar-refractivity contribution in [3.05, 3.63) is 46.2 Å². The first-order valence-electron chi connectivity index (χ1n) is 7.85. The van der Waals surface area contributed by atoms with Gasteiger partial charge in [0.05, 0.1) is 17.0 Å². The normalized spacial score (nSPS) is 11.5. The van der Waals surface area contributed by atoms with Crippen LogP contribution in [0.1, 0.15) is 41.4 Å². The maximum absolute atomic E-state index is 12.5. The van der Waals surface area contributed by atoms with Crippen molar-refractivity contribution in [1.82, 2.24) is 9.78 Å². The van der Waals surface area contributed by atoms with Gasteiger partial charge in [0.2, 0.25) is 10.0 Å². The number of halogens is 1. The molecular weight excluding hydrogens is 364 g/mol. The number of unbranched alkanes of at least 4 members (excludes halogenated alkanes) is 1. The number of primary sulfonamides is 1. The van der Waals surface area contributed by atoms with E-state index in [-0.39, 0.29) is 11.7 Å². The van der Waals surface area contributed by atoms with E-state index in [1.165, 1.54) is 0 Å². The van der Waals surface area contributed by atoms with Gasteiger partial charge < -0.3 is 5.32 Å². The van der Waals surface area contributed by atoms with Crippen LogP contribution in [0.2, 0.25) is 5.15 Å². The van der Waals surface area contributed by atoms with E-state index in [1.54, 1.807) is 35.9 Å². The number of amides is 1. The van der Waals surface area contributed by atoms with Crippen molar-refractivity contribution in [2.24, 2.45) is 5.14 Å². The third-order valence-corrected chi connectivity index (χ3v) is 4.72. The molecule has 1 aromatic carbocycles. The molecule has 3 N–H and O–H groups in total. The van der Waals surface area contributed by atoms with Crippen LogP contribution >= 0.6 is 11.6 Å². The van der Waals surface area contributed by atoms with Crippen LogP contribution in [-0.2, 0) is 22.3 Å². The summed E-state index contributed by atoms with van der Waals surface area (Å²) in [5, 5.41) is 12.4. The van der Waals surface area contributed by atoms with Gasteiger partial charge in [-0.25, -0.2) is 13.6 Å². The van der Waals surface area contributed by atoms with Gasteiger partial charge in [-0.3, -0.25) is 9.48 Å². The van der Waals surface area contributed by atoms with Gasteiger partial charge in [-0.1, -0.05) is 37.1 Å². The minimum atomic E-state index is -3.59. The highest BCUT2D eigenvalue weighted by Gasteiger charge is 2.20. The van der Waals surface area contributed by atoms with Gasteiger partial charge in [0.25, 0.3) is 5.91 Å². The molecule has 0 aliphatic rings. The number of carbonyl (C=O) groups is 1. The topological polar surface area (TPSA) is 107 Å². The highest BCUT2D eigenvalue weighted by Crippen LogP contribution is 2.22. The van der Waals surface area contributed by atoms with Crippen molar-refractivity contribution in [3.8, 4) is 0 Å². The number of hydrogen-bond donors (Lipinski definition) is 2. The fourth-order valence-electron chi connectivity index (χ4n) is 2.38. The van der Waals surface area contributed by atoms with Gasteiger partial charge in [-0.05, 0) is 31.0 Å². The summed E-state index contributed by atoms with van der Waals surface area (Å²) in [6.07, 6.45) is 1.93. The molecule has 0 bridgehead atoms. The Kier molecular flexibility index (Phi) is 6.21. The van der Waals surface area contributed by atoms with Crippen LogP contribution in [0.5, 0.6) is 0 Å². The van der Waals surface area contributed by atoms with Crippen LogP contribution in [0.25, 0.3) is 0 Å². The van der Waals surface area contributed by atoms with Crippen molar-refractivity contribution in [2.45, 2.75) is 39.0 Å². The van der Waals surface area contributed by atoms with Crippen LogP contribution in [-0.4, -0.2) is 24.1 Å². The van der Waals surface area contributed by atoms with Crippen molar-refractivity contribution < 1.29 is 13.2 Å². The summed E-state index contributed by atoms with van der Waals surface area (Å²) in [7, 11) is -3.59. The summed E-state index contributed by atoms with van der Waals surface area (Å²) in [5.74, 6) is -0.611. The third kappa shape index (κ3) is 5.29. The molecule has 0 aliphatic carbocycles. The van der Waals surface area contributed by atoms with Crippen molar-refractivity contribution >= 4 is 33.2 Å². The molecule has 0 saturated carbocycles. The number of benzene rings is 1. The summed E-state index contributed by atoms with van der Waals surface area (Å²) in [6.45, 7) is 4.46. The molecule has 0 spiro atoms. The lowest BCUT2D eigenvalue weighted by Crippen LogP contribution is -2.15. The predicted octanol–water partition coefficient (Wildman–Crippen LogP) is 2.69. The number of carbonyl (C=O) groups excluding carboxylic acids is 1. The van der Waals surface area contributed by atoms with Gasteiger partial charge in [0.15, 0.2) is 0 Å². The van der Waals surface area contributed by atoms with Gasteiger partial charge in [-0.2, -0.15) is 5.10 Å². The summed E-state index contributed by atoms with van der Waals surface area (Å²) >= 11 is 6.28. The van der Waals surface area contributed by atoms with E-state index in [0.29, 0.717) is 34.2 Å². The molecule has 0 unspecified atom stereocenters. The Morgan fingerprint density at radius 3 is 2.52 bits per heavy atom. The Hall–Kier alpha value is -1.90. The molecule has 2 aromatic rings. The lowest BCUT2D eigenvalue weighted by Gasteiger charge is -2.07. The summed E-state index contributed by atoms with van der Waals surface area (Å²) < 4.78 is 23.8. The third-order valence-electron chi connectivity index (χ3n) is 3.60. The molecule has 2 rings (SSSR count). The van der Waals surface area contributed by atoms with E-state index in [1.807, 2.05) is 0 Å². The number of nitrogens with two attached hydrogens (primary N) is 1. The van der Waals surface area contributed by atoms with Crippen LogP contribution < -0.4 is 10.5 Å². The summed E-state index contributed by atoms with van der Waals surface area (Å²) in [4.78, 5) is 12.5. The molecular formula is C16H21ClN4O3S. The Bertz CT molecular complexity index is 860. The van der Waals surface area contributed by atoms with Crippen molar-refractivity contribution in [2.75, 3.05) is 5.32 Å².